The van der Waals surface area contributed by atoms with Gasteiger partial charge in [0.25, 0.3) is 0 Å². The minimum Gasteiger partial charge on any atom is -0.293 e. The Bertz CT molecular complexity index is 305. The number of Topliss-reactive ketones (excluding diaryl/α,β-unsaturated/α-hetero) is 1. The fraction of sp³-hybridized carbons (Fsp3) is 0.375. The van der Waals surface area contributed by atoms with Gasteiger partial charge in [0, 0.05) is 5.71 Å². The molecule has 1 aliphatic heterocycles. The lowest BCUT2D eigenvalue weighted by Gasteiger charge is -2.07. The first-order chi connectivity index (χ1) is 5.15. The summed E-state index contributed by atoms with van der Waals surface area (Å²) in [5.74, 6) is -0.113. The average molecular weight is 148 g/mol. The van der Waals surface area contributed by atoms with Gasteiger partial charge >= 0.3 is 0 Å². The van der Waals surface area contributed by atoms with Crippen molar-refractivity contribution in [2.75, 3.05) is 0 Å². The van der Waals surface area contributed by atoms with Crippen molar-refractivity contribution in [3.63, 3.8) is 0 Å². The molecule has 3 heteroatoms. The monoisotopic (exact) mass is 148 g/mol. The van der Waals surface area contributed by atoms with E-state index in [-0.39, 0.29) is 11.4 Å². The van der Waals surface area contributed by atoms with Crippen molar-refractivity contribution < 1.29 is 4.79 Å². The highest BCUT2D eigenvalue weighted by Gasteiger charge is 2.17. The van der Waals surface area contributed by atoms with Crippen LogP contribution in [0.5, 0.6) is 0 Å². The van der Waals surface area contributed by atoms with Crippen molar-refractivity contribution in [3.8, 4) is 6.07 Å². The predicted octanol–water partition coefficient (Wildman–Crippen LogP) is 1.22. The number of hydrogen-bond acceptors (Lipinski definition) is 3. The summed E-state index contributed by atoms with van der Waals surface area (Å²) in [5.41, 5.74) is 1.53. The number of hydrogen-bond donors (Lipinski definition) is 0. The van der Waals surface area contributed by atoms with Gasteiger partial charge in [-0.3, -0.25) is 9.79 Å². The highest BCUT2D eigenvalue weighted by Crippen LogP contribution is 2.14. The largest absolute Gasteiger partial charge is 0.293 e. The van der Waals surface area contributed by atoms with Crippen LogP contribution in [0.25, 0.3) is 0 Å². The van der Waals surface area contributed by atoms with Crippen LogP contribution in [0.1, 0.15) is 20.3 Å². The van der Waals surface area contributed by atoms with Crippen LogP contribution in [-0.4, -0.2) is 11.5 Å². The highest BCUT2D eigenvalue weighted by atomic mass is 16.1. The number of carbonyl (C=O) groups excluding carboxylic acids is 1. The Hall–Kier alpha value is -1.43. The number of rotatable bonds is 0. The molecule has 0 bridgehead atoms. The van der Waals surface area contributed by atoms with E-state index in [2.05, 4.69) is 4.99 Å². The molecule has 1 rings (SSSR count). The summed E-state index contributed by atoms with van der Waals surface area (Å²) in [6, 6.07) is 1.85. The molecular formula is C8H8N2O. The minimum absolute atomic E-state index is 0.113. The molecule has 0 aromatic heterocycles. The van der Waals surface area contributed by atoms with Gasteiger partial charge in [-0.25, -0.2) is 0 Å². The summed E-state index contributed by atoms with van der Waals surface area (Å²) in [7, 11) is 0. The van der Waals surface area contributed by atoms with E-state index in [0.29, 0.717) is 12.1 Å². The molecule has 56 valence electrons. The third kappa shape index (κ3) is 1.35. The van der Waals surface area contributed by atoms with Gasteiger partial charge in [0.1, 0.15) is 11.6 Å². The van der Waals surface area contributed by atoms with Gasteiger partial charge in [-0.2, -0.15) is 5.26 Å². The Kier molecular flexibility index (Phi) is 1.86. The number of nitrogens with zero attached hydrogens (tertiary/aromatic N) is 2. The average Bonchev–Trinajstić information content (AvgIpc) is 1.85. The topological polar surface area (TPSA) is 53.2 Å². The molecule has 0 saturated carbocycles. The molecule has 0 saturated heterocycles. The maximum Gasteiger partial charge on any atom is 0.180 e. The summed E-state index contributed by atoms with van der Waals surface area (Å²) >= 11 is 0. The second kappa shape index (κ2) is 2.67. The van der Waals surface area contributed by atoms with E-state index < -0.39 is 0 Å². The van der Waals surface area contributed by atoms with Crippen molar-refractivity contribution in [1.82, 2.24) is 0 Å². The first-order valence-electron chi connectivity index (χ1n) is 3.33. The number of ketones is 1. The lowest BCUT2D eigenvalue weighted by molar-refractivity contribution is -0.114. The maximum absolute atomic E-state index is 11.1. The molecule has 0 radical (unpaired) electrons. The SMILES string of the molecule is CC1=NC(C)=C(C#N)C(=O)C1. The third-order valence-corrected chi connectivity index (χ3v) is 1.53. The van der Waals surface area contributed by atoms with Crippen LogP contribution in [0, 0.1) is 11.3 Å². The second-order valence-corrected chi connectivity index (χ2v) is 2.52. The van der Waals surface area contributed by atoms with E-state index >= 15 is 0 Å². The Morgan fingerprint density at radius 1 is 1.55 bits per heavy atom. The van der Waals surface area contributed by atoms with Gasteiger partial charge in [-0.15, -0.1) is 0 Å². The van der Waals surface area contributed by atoms with Crippen molar-refractivity contribution in [3.05, 3.63) is 11.3 Å². The minimum atomic E-state index is -0.113. The van der Waals surface area contributed by atoms with Crippen LogP contribution in [-0.2, 0) is 4.79 Å². The Labute approximate surface area is 65.0 Å². The molecule has 1 aliphatic rings. The normalized spacial score (nSPS) is 17.9. The molecule has 0 aromatic carbocycles. The first-order valence-corrected chi connectivity index (χ1v) is 3.33. The molecule has 0 atom stereocenters. The van der Waals surface area contributed by atoms with Crippen LogP contribution < -0.4 is 0 Å². The molecule has 0 N–H and O–H groups in total. The van der Waals surface area contributed by atoms with E-state index in [9.17, 15) is 4.79 Å². The van der Waals surface area contributed by atoms with Crippen LogP contribution in [0.3, 0.4) is 0 Å². The zero-order valence-electron chi connectivity index (χ0n) is 6.51. The lowest BCUT2D eigenvalue weighted by Crippen LogP contribution is -2.13. The Balaban J connectivity index is 3.15. The van der Waals surface area contributed by atoms with Gasteiger partial charge in [-0.1, -0.05) is 0 Å². The zero-order chi connectivity index (χ0) is 8.43. The van der Waals surface area contributed by atoms with Gasteiger partial charge < -0.3 is 0 Å². The van der Waals surface area contributed by atoms with Crippen LogP contribution in [0.15, 0.2) is 16.3 Å². The number of nitriles is 1. The molecule has 1 heterocycles. The van der Waals surface area contributed by atoms with E-state index in [1.165, 1.54) is 0 Å². The van der Waals surface area contributed by atoms with Crippen LogP contribution in [0.4, 0.5) is 0 Å². The lowest BCUT2D eigenvalue weighted by atomic mass is 10.0. The van der Waals surface area contributed by atoms with Gasteiger partial charge in [-0.05, 0) is 13.8 Å². The fourth-order valence-electron chi connectivity index (χ4n) is 1.05. The molecule has 0 spiro atoms. The first kappa shape index (κ1) is 7.67. The number of carbonyl (C=O) groups is 1. The standard InChI is InChI=1S/C8H8N2O/c1-5-3-8(11)7(4-9)6(2)10-5/h3H2,1-2H3. The highest BCUT2D eigenvalue weighted by molar-refractivity contribution is 6.13. The summed E-state index contributed by atoms with van der Waals surface area (Å²) in [4.78, 5) is 15.1. The van der Waals surface area contributed by atoms with E-state index in [0.717, 1.165) is 5.71 Å². The third-order valence-electron chi connectivity index (χ3n) is 1.53. The molecule has 11 heavy (non-hydrogen) atoms. The quantitative estimate of drug-likeness (QED) is 0.518. The summed E-state index contributed by atoms with van der Waals surface area (Å²) in [5, 5.41) is 8.52. The number of aliphatic imine (C=N–C) groups is 1. The van der Waals surface area contributed by atoms with E-state index in [4.69, 9.17) is 5.26 Å². The summed E-state index contributed by atoms with van der Waals surface area (Å²) < 4.78 is 0. The zero-order valence-corrected chi connectivity index (χ0v) is 6.51. The molecule has 0 aliphatic carbocycles. The van der Waals surface area contributed by atoms with Gasteiger partial charge in [0.05, 0.1) is 12.1 Å². The molecule has 0 unspecified atom stereocenters. The smallest absolute Gasteiger partial charge is 0.180 e. The van der Waals surface area contributed by atoms with Gasteiger partial charge in [0.2, 0.25) is 0 Å². The Morgan fingerprint density at radius 2 is 2.18 bits per heavy atom. The van der Waals surface area contributed by atoms with Crippen molar-refractivity contribution in [2.45, 2.75) is 20.3 Å². The molecule has 0 amide bonds. The second-order valence-electron chi connectivity index (χ2n) is 2.52. The molecule has 0 fully saturated rings. The summed E-state index contributed by atoms with van der Waals surface area (Å²) in [6.07, 6.45) is 0.292. The van der Waals surface area contributed by atoms with E-state index in [1.54, 1.807) is 13.8 Å². The predicted molar refractivity (Wildman–Crippen MR) is 41.0 cm³/mol. The molecule has 0 aromatic rings. The Morgan fingerprint density at radius 3 is 2.64 bits per heavy atom. The molecule has 3 nitrogen and oxygen atoms in total. The van der Waals surface area contributed by atoms with Crippen molar-refractivity contribution in [2.24, 2.45) is 4.99 Å². The summed E-state index contributed by atoms with van der Waals surface area (Å²) in [6.45, 7) is 3.47. The van der Waals surface area contributed by atoms with Crippen molar-refractivity contribution in [1.29, 1.82) is 5.26 Å². The van der Waals surface area contributed by atoms with Gasteiger partial charge in [0.15, 0.2) is 5.78 Å². The fourth-order valence-corrected chi connectivity index (χ4v) is 1.05. The van der Waals surface area contributed by atoms with Crippen LogP contribution >= 0.6 is 0 Å². The van der Waals surface area contributed by atoms with E-state index in [1.807, 2.05) is 6.07 Å². The van der Waals surface area contributed by atoms with Crippen molar-refractivity contribution >= 4 is 11.5 Å². The number of allylic oxidation sites excluding steroid dienone is 2. The molecular weight excluding hydrogens is 140 g/mol. The maximum atomic E-state index is 11.1. The van der Waals surface area contributed by atoms with Crippen LogP contribution in [0.2, 0.25) is 0 Å².